The number of likely N-dealkylation sites (N-methyl/N-ethyl adjacent to an activating group) is 1. The molecule has 0 aromatic carbocycles. The van der Waals surface area contributed by atoms with Gasteiger partial charge in [-0.15, -0.1) is 0 Å². The number of carbonyl (C=O) groups is 1. The van der Waals surface area contributed by atoms with Crippen LogP contribution >= 0.6 is 0 Å². The van der Waals surface area contributed by atoms with Crippen LogP contribution in [0.2, 0.25) is 0 Å². The van der Waals surface area contributed by atoms with Crippen LogP contribution in [0.25, 0.3) is 0 Å². The lowest BCUT2D eigenvalue weighted by Crippen LogP contribution is -2.52. The minimum atomic E-state index is 0.0843. The number of anilines is 1. The van der Waals surface area contributed by atoms with Crippen molar-refractivity contribution in [2.45, 2.75) is 26.7 Å². The molecule has 6 heteroatoms. The van der Waals surface area contributed by atoms with E-state index in [1.54, 1.807) is 6.20 Å². The van der Waals surface area contributed by atoms with Gasteiger partial charge >= 0.3 is 0 Å². The highest BCUT2D eigenvalue weighted by Gasteiger charge is 2.31. The molecule has 0 unspecified atom stereocenters. The van der Waals surface area contributed by atoms with Crippen molar-refractivity contribution >= 4 is 11.9 Å². The van der Waals surface area contributed by atoms with E-state index in [9.17, 15) is 4.79 Å². The number of aromatic nitrogens is 2. The normalized spacial score (nSPS) is 23.1. The molecule has 1 atom stereocenters. The van der Waals surface area contributed by atoms with Crippen LogP contribution in [0.4, 0.5) is 5.95 Å². The van der Waals surface area contributed by atoms with Gasteiger partial charge in [-0.3, -0.25) is 4.79 Å². The second-order valence-corrected chi connectivity index (χ2v) is 6.54. The highest BCUT2D eigenvalue weighted by atomic mass is 16.2. The summed E-state index contributed by atoms with van der Waals surface area (Å²) in [6, 6.07) is 1.91. The third-order valence-corrected chi connectivity index (χ3v) is 4.97. The van der Waals surface area contributed by atoms with Gasteiger partial charge in [0.05, 0.1) is 5.92 Å². The Morgan fingerprint density at radius 2 is 2.04 bits per heavy atom. The molecule has 3 heterocycles. The molecule has 6 nitrogen and oxygen atoms in total. The first kappa shape index (κ1) is 16.2. The van der Waals surface area contributed by atoms with Gasteiger partial charge < -0.3 is 14.7 Å². The predicted molar refractivity (Wildman–Crippen MR) is 90.4 cm³/mol. The number of rotatable bonds is 3. The fourth-order valence-electron chi connectivity index (χ4n) is 3.49. The molecule has 2 saturated heterocycles. The lowest BCUT2D eigenvalue weighted by molar-refractivity contribution is -0.137. The first-order chi connectivity index (χ1) is 11.2. The number of amides is 1. The second kappa shape index (κ2) is 7.25. The van der Waals surface area contributed by atoms with E-state index in [2.05, 4.69) is 31.6 Å². The molecule has 23 heavy (non-hydrogen) atoms. The Hall–Kier alpha value is -1.69. The van der Waals surface area contributed by atoms with Crippen LogP contribution in [0.5, 0.6) is 0 Å². The highest BCUT2D eigenvalue weighted by molar-refractivity contribution is 5.79. The number of piperidine rings is 1. The minimum Gasteiger partial charge on any atom is -0.340 e. The molecule has 2 aliphatic rings. The van der Waals surface area contributed by atoms with Gasteiger partial charge in [0.2, 0.25) is 11.9 Å². The van der Waals surface area contributed by atoms with E-state index in [1.807, 2.05) is 13.0 Å². The van der Waals surface area contributed by atoms with Gasteiger partial charge in [-0.2, -0.15) is 0 Å². The van der Waals surface area contributed by atoms with E-state index >= 15 is 0 Å². The second-order valence-electron chi connectivity index (χ2n) is 6.54. The third kappa shape index (κ3) is 3.80. The van der Waals surface area contributed by atoms with Crippen LogP contribution in [0.1, 0.15) is 25.5 Å². The predicted octanol–water partition coefficient (Wildman–Crippen LogP) is 1.17. The van der Waals surface area contributed by atoms with E-state index in [-0.39, 0.29) is 5.92 Å². The number of nitrogens with zero attached hydrogens (tertiary/aromatic N) is 5. The molecule has 2 aliphatic heterocycles. The van der Waals surface area contributed by atoms with Crippen molar-refractivity contribution in [3.8, 4) is 0 Å². The summed E-state index contributed by atoms with van der Waals surface area (Å²) in [5, 5.41) is 0. The average Bonchev–Trinajstić information content (AvgIpc) is 2.61. The van der Waals surface area contributed by atoms with E-state index < -0.39 is 0 Å². The monoisotopic (exact) mass is 317 g/mol. The van der Waals surface area contributed by atoms with Crippen molar-refractivity contribution in [2.75, 3.05) is 50.7 Å². The first-order valence-corrected chi connectivity index (χ1v) is 8.73. The van der Waals surface area contributed by atoms with Gasteiger partial charge in [0.25, 0.3) is 0 Å². The average molecular weight is 317 g/mol. The van der Waals surface area contributed by atoms with Crippen molar-refractivity contribution in [3.05, 3.63) is 18.0 Å². The maximum absolute atomic E-state index is 12.8. The van der Waals surface area contributed by atoms with Crippen LogP contribution in [0, 0.1) is 12.8 Å². The van der Waals surface area contributed by atoms with Crippen LogP contribution < -0.4 is 4.90 Å². The Morgan fingerprint density at radius 3 is 2.74 bits per heavy atom. The molecule has 1 aromatic rings. The summed E-state index contributed by atoms with van der Waals surface area (Å²) in [6.07, 6.45) is 3.81. The van der Waals surface area contributed by atoms with Gasteiger partial charge in [-0.25, -0.2) is 9.97 Å². The van der Waals surface area contributed by atoms with Gasteiger partial charge in [-0.1, -0.05) is 6.92 Å². The Balaban J connectivity index is 1.61. The van der Waals surface area contributed by atoms with Crippen LogP contribution in [-0.4, -0.2) is 71.5 Å². The summed E-state index contributed by atoms with van der Waals surface area (Å²) in [7, 11) is 0. The molecule has 2 fully saturated rings. The molecule has 1 aromatic heterocycles. The molecule has 0 bridgehead atoms. The van der Waals surface area contributed by atoms with E-state index in [1.165, 1.54) is 0 Å². The summed E-state index contributed by atoms with van der Waals surface area (Å²) < 4.78 is 0. The molecule has 0 saturated carbocycles. The van der Waals surface area contributed by atoms with Crippen molar-refractivity contribution in [2.24, 2.45) is 5.92 Å². The zero-order valence-corrected chi connectivity index (χ0v) is 14.2. The number of hydrogen-bond donors (Lipinski definition) is 0. The fraction of sp³-hybridized carbons (Fsp3) is 0.706. The quantitative estimate of drug-likeness (QED) is 0.837. The van der Waals surface area contributed by atoms with Gasteiger partial charge in [0, 0.05) is 51.2 Å². The summed E-state index contributed by atoms with van der Waals surface area (Å²) in [6.45, 7) is 10.6. The number of piperazine rings is 1. The summed E-state index contributed by atoms with van der Waals surface area (Å²) in [5.74, 6) is 1.16. The lowest BCUT2D eigenvalue weighted by Gasteiger charge is -2.38. The summed E-state index contributed by atoms with van der Waals surface area (Å²) in [4.78, 5) is 28.3. The van der Waals surface area contributed by atoms with Crippen LogP contribution in [-0.2, 0) is 4.79 Å². The van der Waals surface area contributed by atoms with E-state index in [0.717, 1.165) is 70.3 Å². The highest BCUT2D eigenvalue weighted by Crippen LogP contribution is 2.22. The Kier molecular flexibility index (Phi) is 5.10. The Morgan fingerprint density at radius 1 is 1.26 bits per heavy atom. The number of carbonyl (C=O) groups excluding carboxylic acids is 1. The Bertz CT molecular complexity index is 542. The van der Waals surface area contributed by atoms with Crippen molar-refractivity contribution in [1.29, 1.82) is 0 Å². The third-order valence-electron chi connectivity index (χ3n) is 4.97. The maximum Gasteiger partial charge on any atom is 0.227 e. The minimum absolute atomic E-state index is 0.0843. The molecule has 1 amide bonds. The largest absolute Gasteiger partial charge is 0.340 e. The molecule has 0 radical (unpaired) electrons. The van der Waals surface area contributed by atoms with Gasteiger partial charge in [-0.05, 0) is 32.4 Å². The molecule has 0 N–H and O–H groups in total. The molecule has 126 valence electrons. The zero-order chi connectivity index (χ0) is 16.2. The van der Waals surface area contributed by atoms with E-state index in [4.69, 9.17) is 0 Å². The lowest BCUT2D eigenvalue weighted by atomic mass is 9.96. The van der Waals surface area contributed by atoms with Crippen molar-refractivity contribution < 1.29 is 4.79 Å². The van der Waals surface area contributed by atoms with E-state index in [0.29, 0.717) is 5.91 Å². The number of aryl methyl sites for hydroxylation is 1. The SMILES string of the molecule is CCN1CCN(C(=O)[C@@H]2CCCN(c3nccc(C)n3)C2)CC1. The summed E-state index contributed by atoms with van der Waals surface area (Å²) in [5.41, 5.74) is 0.971. The van der Waals surface area contributed by atoms with Crippen LogP contribution in [0.3, 0.4) is 0 Å². The first-order valence-electron chi connectivity index (χ1n) is 8.73. The zero-order valence-electron chi connectivity index (χ0n) is 14.2. The summed E-state index contributed by atoms with van der Waals surface area (Å²) >= 11 is 0. The van der Waals surface area contributed by atoms with Crippen molar-refractivity contribution in [3.63, 3.8) is 0 Å². The number of hydrogen-bond acceptors (Lipinski definition) is 5. The molecule has 0 aliphatic carbocycles. The van der Waals surface area contributed by atoms with Gasteiger partial charge in [0.1, 0.15) is 0 Å². The maximum atomic E-state index is 12.8. The smallest absolute Gasteiger partial charge is 0.227 e. The van der Waals surface area contributed by atoms with Crippen LogP contribution in [0.15, 0.2) is 12.3 Å². The topological polar surface area (TPSA) is 52.6 Å². The Labute approximate surface area is 138 Å². The fourth-order valence-corrected chi connectivity index (χ4v) is 3.49. The molecule has 3 rings (SSSR count). The molecular weight excluding hydrogens is 290 g/mol. The standard InChI is InChI=1S/C17H27N5O/c1-3-20-9-11-21(12-10-20)16(23)15-5-4-8-22(13-15)17-18-7-6-14(2)19-17/h6-7,15H,3-5,8-13H2,1-2H3/t15-/m1/s1. The van der Waals surface area contributed by atoms with Crippen molar-refractivity contribution in [1.82, 2.24) is 19.8 Å². The molecular formula is C17H27N5O. The van der Waals surface area contributed by atoms with Gasteiger partial charge in [0.15, 0.2) is 0 Å². The molecule has 0 spiro atoms.